The predicted molar refractivity (Wildman–Crippen MR) is 124 cm³/mol. The van der Waals surface area contributed by atoms with E-state index >= 15 is 0 Å². The Morgan fingerprint density at radius 1 is 0.875 bits per heavy atom. The van der Waals surface area contributed by atoms with Crippen molar-refractivity contribution in [1.29, 1.82) is 0 Å². The molecule has 9 heteroatoms. The number of nitrogens with one attached hydrogen (secondary N) is 2. The van der Waals surface area contributed by atoms with Crippen LogP contribution in [0.25, 0.3) is 0 Å². The van der Waals surface area contributed by atoms with Gasteiger partial charge < -0.3 is 15.5 Å². The lowest BCUT2D eigenvalue weighted by molar-refractivity contribution is 0.0742. The van der Waals surface area contributed by atoms with E-state index < -0.39 is 22.1 Å². The van der Waals surface area contributed by atoms with E-state index in [1.54, 1.807) is 62.5 Å². The van der Waals surface area contributed by atoms with Crippen molar-refractivity contribution in [2.24, 2.45) is 5.14 Å². The maximum Gasteiger partial charge on any atom is 0.323 e. The largest absolute Gasteiger partial charge is 0.335 e. The Morgan fingerprint density at radius 2 is 1.47 bits per heavy atom. The second kappa shape index (κ2) is 9.63. The molecule has 0 bridgehead atoms. The number of hydrogen-bond donors (Lipinski definition) is 3. The predicted octanol–water partition coefficient (Wildman–Crippen LogP) is 3.81. The number of carbonyl (C=O) groups is 2. The van der Waals surface area contributed by atoms with Gasteiger partial charge in [-0.1, -0.05) is 30.3 Å². The van der Waals surface area contributed by atoms with Crippen LogP contribution in [0.5, 0.6) is 0 Å². The maximum absolute atomic E-state index is 12.9. The van der Waals surface area contributed by atoms with Gasteiger partial charge in [0.2, 0.25) is 10.0 Å². The van der Waals surface area contributed by atoms with Crippen LogP contribution in [-0.4, -0.2) is 32.3 Å². The molecular weight excluding hydrogens is 428 g/mol. The molecule has 0 aliphatic heterocycles. The van der Waals surface area contributed by atoms with E-state index in [0.29, 0.717) is 22.5 Å². The van der Waals surface area contributed by atoms with Crippen molar-refractivity contribution in [3.63, 3.8) is 0 Å². The summed E-state index contributed by atoms with van der Waals surface area (Å²) < 4.78 is 23.2. The zero-order valence-corrected chi connectivity index (χ0v) is 18.5. The summed E-state index contributed by atoms with van der Waals surface area (Å²) in [7, 11) is -2.20. The van der Waals surface area contributed by atoms with Gasteiger partial charge in [0.25, 0.3) is 5.91 Å². The number of sulfonamides is 1. The Bertz CT molecular complexity index is 1210. The summed E-state index contributed by atoms with van der Waals surface area (Å²) in [5.74, 6) is -0.251. The number of hydrogen-bond acceptors (Lipinski definition) is 4. The third-order valence-corrected chi connectivity index (χ3v) is 5.90. The van der Waals surface area contributed by atoms with Crippen LogP contribution in [0.2, 0.25) is 0 Å². The van der Waals surface area contributed by atoms with Gasteiger partial charge in [-0.15, -0.1) is 0 Å². The number of nitrogens with zero attached hydrogens (tertiary/aromatic N) is 1. The highest BCUT2D eigenvalue weighted by Crippen LogP contribution is 2.23. The molecule has 166 valence electrons. The molecule has 1 atom stereocenters. The van der Waals surface area contributed by atoms with Crippen molar-refractivity contribution < 1.29 is 18.0 Å². The minimum Gasteiger partial charge on any atom is -0.335 e. The van der Waals surface area contributed by atoms with Gasteiger partial charge in [0, 0.05) is 24.0 Å². The number of primary sulfonamides is 1. The van der Waals surface area contributed by atoms with Gasteiger partial charge in [-0.05, 0) is 61.0 Å². The summed E-state index contributed by atoms with van der Waals surface area (Å²) in [6.07, 6.45) is 0. The van der Waals surface area contributed by atoms with Crippen molar-refractivity contribution in [3.05, 3.63) is 90.0 Å². The van der Waals surface area contributed by atoms with Crippen LogP contribution in [0.3, 0.4) is 0 Å². The molecule has 0 aliphatic carbocycles. The molecule has 32 heavy (non-hydrogen) atoms. The molecule has 0 saturated heterocycles. The average molecular weight is 453 g/mol. The molecular formula is C23H24N4O4S. The SMILES string of the molecule is CC(c1cccc(S(N)(=O)=O)c1)N(C)C(=O)c1ccc(NC(=O)Nc2ccccc2)cc1. The number of rotatable bonds is 6. The molecule has 8 nitrogen and oxygen atoms in total. The summed E-state index contributed by atoms with van der Waals surface area (Å²) in [6.45, 7) is 1.80. The molecule has 3 rings (SSSR count). The van der Waals surface area contributed by atoms with E-state index in [4.69, 9.17) is 5.14 Å². The zero-order valence-electron chi connectivity index (χ0n) is 17.6. The zero-order chi connectivity index (χ0) is 23.3. The second-order valence-electron chi connectivity index (χ2n) is 7.23. The molecule has 0 spiro atoms. The van der Waals surface area contributed by atoms with E-state index in [9.17, 15) is 18.0 Å². The summed E-state index contributed by atoms with van der Waals surface area (Å²) in [4.78, 5) is 26.5. The topological polar surface area (TPSA) is 122 Å². The van der Waals surface area contributed by atoms with Crippen LogP contribution in [-0.2, 0) is 10.0 Å². The van der Waals surface area contributed by atoms with Gasteiger partial charge in [0.1, 0.15) is 0 Å². The van der Waals surface area contributed by atoms with Gasteiger partial charge in [0.05, 0.1) is 10.9 Å². The first-order valence-corrected chi connectivity index (χ1v) is 11.3. The number of benzene rings is 3. The smallest absolute Gasteiger partial charge is 0.323 e. The summed E-state index contributed by atoms with van der Waals surface area (Å²) in [6, 6.07) is 21.0. The minimum atomic E-state index is -3.83. The Labute approximate surface area is 187 Å². The molecule has 0 aromatic heterocycles. The van der Waals surface area contributed by atoms with E-state index in [2.05, 4.69) is 10.6 Å². The van der Waals surface area contributed by atoms with Crippen LogP contribution in [0.4, 0.5) is 16.2 Å². The van der Waals surface area contributed by atoms with Crippen molar-refractivity contribution in [1.82, 2.24) is 4.90 Å². The molecule has 0 fully saturated rings. The standard InChI is InChI=1S/C23H24N4O4S/c1-16(18-7-6-10-21(15-18)32(24,30)31)27(2)22(28)17-11-13-20(14-12-17)26-23(29)25-19-8-4-3-5-9-19/h3-16H,1-2H3,(H2,24,30,31)(H2,25,26,29). The number of carbonyl (C=O) groups excluding carboxylic acids is 2. The minimum absolute atomic E-state index is 0.00749. The van der Waals surface area contributed by atoms with Crippen molar-refractivity contribution in [2.75, 3.05) is 17.7 Å². The van der Waals surface area contributed by atoms with Gasteiger partial charge in [-0.25, -0.2) is 18.4 Å². The number of anilines is 2. The maximum atomic E-state index is 12.9. The molecule has 3 amide bonds. The Kier molecular flexibility index (Phi) is 6.92. The lowest BCUT2D eigenvalue weighted by atomic mass is 10.1. The highest BCUT2D eigenvalue weighted by atomic mass is 32.2. The fourth-order valence-electron chi connectivity index (χ4n) is 3.07. The van der Waals surface area contributed by atoms with E-state index in [-0.39, 0.29) is 10.8 Å². The van der Waals surface area contributed by atoms with Gasteiger partial charge >= 0.3 is 6.03 Å². The normalized spacial score (nSPS) is 12.0. The molecule has 0 heterocycles. The number of amides is 3. The molecule has 0 aliphatic rings. The molecule has 3 aromatic rings. The van der Waals surface area contributed by atoms with Crippen molar-refractivity contribution in [3.8, 4) is 0 Å². The quantitative estimate of drug-likeness (QED) is 0.526. The first-order chi connectivity index (χ1) is 15.1. The van der Waals surface area contributed by atoms with Crippen LogP contribution in [0.1, 0.15) is 28.9 Å². The Balaban J connectivity index is 1.66. The third-order valence-electron chi connectivity index (χ3n) is 4.99. The summed E-state index contributed by atoms with van der Waals surface area (Å²) in [5.41, 5.74) is 2.27. The first-order valence-electron chi connectivity index (χ1n) is 9.78. The fourth-order valence-corrected chi connectivity index (χ4v) is 3.63. The molecule has 0 saturated carbocycles. The number of urea groups is 1. The van der Waals surface area contributed by atoms with Crippen LogP contribution < -0.4 is 15.8 Å². The van der Waals surface area contributed by atoms with Gasteiger partial charge in [0.15, 0.2) is 0 Å². The second-order valence-corrected chi connectivity index (χ2v) is 8.79. The molecule has 0 radical (unpaired) electrons. The molecule has 3 aromatic carbocycles. The Morgan fingerprint density at radius 3 is 2.06 bits per heavy atom. The number of para-hydroxylation sites is 1. The lowest BCUT2D eigenvalue weighted by Gasteiger charge is -2.26. The monoisotopic (exact) mass is 452 g/mol. The highest BCUT2D eigenvalue weighted by Gasteiger charge is 2.20. The number of nitrogens with two attached hydrogens (primary N) is 1. The van der Waals surface area contributed by atoms with E-state index in [1.807, 2.05) is 18.2 Å². The summed E-state index contributed by atoms with van der Waals surface area (Å²) in [5, 5.41) is 10.6. The van der Waals surface area contributed by atoms with Crippen molar-refractivity contribution in [2.45, 2.75) is 17.9 Å². The third kappa shape index (κ3) is 5.71. The van der Waals surface area contributed by atoms with E-state index in [1.165, 1.54) is 17.0 Å². The first kappa shape index (κ1) is 23.0. The Hall–Kier alpha value is -3.69. The molecule has 4 N–H and O–H groups in total. The lowest BCUT2D eigenvalue weighted by Crippen LogP contribution is -2.29. The van der Waals surface area contributed by atoms with E-state index in [0.717, 1.165) is 0 Å². The summed E-state index contributed by atoms with van der Waals surface area (Å²) >= 11 is 0. The van der Waals surface area contributed by atoms with Gasteiger partial charge in [-0.3, -0.25) is 4.79 Å². The van der Waals surface area contributed by atoms with Crippen LogP contribution >= 0.6 is 0 Å². The molecule has 1 unspecified atom stereocenters. The average Bonchev–Trinajstić information content (AvgIpc) is 2.78. The van der Waals surface area contributed by atoms with Crippen LogP contribution in [0, 0.1) is 0 Å². The van der Waals surface area contributed by atoms with Crippen molar-refractivity contribution >= 4 is 33.3 Å². The fraction of sp³-hybridized carbons (Fsp3) is 0.130. The highest BCUT2D eigenvalue weighted by molar-refractivity contribution is 7.89. The van der Waals surface area contributed by atoms with Crippen LogP contribution in [0.15, 0.2) is 83.8 Å². The van der Waals surface area contributed by atoms with Gasteiger partial charge in [-0.2, -0.15) is 0 Å².